The van der Waals surface area contributed by atoms with Gasteiger partial charge in [0.2, 0.25) is 0 Å². The van der Waals surface area contributed by atoms with Crippen LogP contribution < -0.4 is 5.32 Å². The molecule has 0 bridgehead atoms. The van der Waals surface area contributed by atoms with E-state index in [9.17, 15) is 4.21 Å². The summed E-state index contributed by atoms with van der Waals surface area (Å²) in [6, 6.07) is 7.85. The second-order valence-electron chi connectivity index (χ2n) is 6.21. The van der Waals surface area contributed by atoms with E-state index in [4.69, 9.17) is 4.74 Å². The van der Waals surface area contributed by atoms with Crippen LogP contribution in [-0.4, -0.2) is 32.6 Å². The lowest BCUT2D eigenvalue weighted by Crippen LogP contribution is -2.42. The zero-order chi connectivity index (χ0) is 16.5. The van der Waals surface area contributed by atoms with Crippen molar-refractivity contribution in [2.45, 2.75) is 42.1 Å². The van der Waals surface area contributed by atoms with Crippen LogP contribution in [0.5, 0.6) is 0 Å². The van der Waals surface area contributed by atoms with Crippen LogP contribution in [-0.2, 0) is 15.5 Å². The Balaban J connectivity index is 1.70. The molecular formula is C18H21N3O2S. The summed E-state index contributed by atoms with van der Waals surface area (Å²) in [4.78, 5) is 7.78. The maximum absolute atomic E-state index is 13.3. The molecule has 1 aromatic carbocycles. The zero-order valence-electron chi connectivity index (χ0n) is 13.6. The molecule has 2 aliphatic rings. The predicted molar refractivity (Wildman–Crippen MR) is 94.9 cm³/mol. The van der Waals surface area contributed by atoms with Gasteiger partial charge >= 0.3 is 0 Å². The van der Waals surface area contributed by atoms with Crippen molar-refractivity contribution in [2.75, 3.05) is 7.11 Å². The number of aromatic nitrogens is 2. The Labute approximate surface area is 143 Å². The summed E-state index contributed by atoms with van der Waals surface area (Å²) >= 11 is 0. The van der Waals surface area contributed by atoms with Gasteiger partial charge in [-0.05, 0) is 43.0 Å². The molecule has 24 heavy (non-hydrogen) atoms. The normalized spacial score (nSPS) is 25.0. The Bertz CT molecular complexity index is 807. The molecule has 126 valence electrons. The Morgan fingerprint density at radius 3 is 3.00 bits per heavy atom. The Kier molecular flexibility index (Phi) is 4.14. The van der Waals surface area contributed by atoms with Gasteiger partial charge in [0.05, 0.1) is 40.2 Å². The van der Waals surface area contributed by atoms with E-state index in [2.05, 4.69) is 15.3 Å². The molecule has 2 heterocycles. The van der Waals surface area contributed by atoms with Crippen molar-refractivity contribution in [1.82, 2.24) is 15.3 Å². The Morgan fingerprint density at radius 2 is 2.17 bits per heavy atom. The molecule has 3 unspecified atom stereocenters. The number of nitrogens with zero attached hydrogens (tertiary/aromatic N) is 1. The molecule has 0 radical (unpaired) electrons. The average molecular weight is 343 g/mol. The highest BCUT2D eigenvalue weighted by Crippen LogP contribution is 2.32. The molecule has 2 aromatic rings. The third-order valence-electron chi connectivity index (χ3n) is 4.81. The quantitative estimate of drug-likeness (QED) is 0.899. The van der Waals surface area contributed by atoms with Crippen LogP contribution in [0.25, 0.3) is 11.0 Å². The number of dihydropyridines is 1. The van der Waals surface area contributed by atoms with Gasteiger partial charge in [-0.2, -0.15) is 0 Å². The first-order chi connectivity index (χ1) is 11.8. The number of benzene rings is 1. The number of para-hydroxylation sites is 2. The van der Waals surface area contributed by atoms with Crippen molar-refractivity contribution >= 4 is 21.8 Å². The molecule has 0 spiro atoms. The second kappa shape index (κ2) is 6.43. The van der Waals surface area contributed by atoms with Crippen molar-refractivity contribution in [3.63, 3.8) is 0 Å². The molecule has 5 nitrogen and oxygen atoms in total. The first-order valence-electron chi connectivity index (χ1n) is 8.33. The molecule has 0 amide bonds. The van der Waals surface area contributed by atoms with Gasteiger partial charge in [0.1, 0.15) is 5.76 Å². The Morgan fingerprint density at radius 1 is 1.29 bits per heavy atom. The molecular weight excluding hydrogens is 322 g/mol. The number of hydrogen-bond donors (Lipinski definition) is 2. The number of rotatable bonds is 3. The van der Waals surface area contributed by atoms with Crippen LogP contribution in [0, 0.1) is 0 Å². The van der Waals surface area contributed by atoms with Crippen LogP contribution in [0.4, 0.5) is 0 Å². The van der Waals surface area contributed by atoms with E-state index < -0.39 is 10.8 Å². The first-order valence-corrected chi connectivity index (χ1v) is 9.54. The zero-order valence-corrected chi connectivity index (χ0v) is 14.4. The van der Waals surface area contributed by atoms with Gasteiger partial charge in [-0.1, -0.05) is 18.6 Å². The molecule has 1 aliphatic heterocycles. The summed E-state index contributed by atoms with van der Waals surface area (Å²) in [5.74, 6) is 0.909. The number of allylic oxidation sites excluding steroid dienone is 1. The number of aromatic amines is 1. The van der Waals surface area contributed by atoms with E-state index in [1.165, 1.54) is 5.57 Å². The largest absolute Gasteiger partial charge is 0.497 e. The van der Waals surface area contributed by atoms with Crippen molar-refractivity contribution in [3.05, 3.63) is 47.9 Å². The summed E-state index contributed by atoms with van der Waals surface area (Å²) in [7, 11) is 0.498. The summed E-state index contributed by atoms with van der Waals surface area (Å²) in [5.41, 5.74) is 3.02. The van der Waals surface area contributed by atoms with Crippen LogP contribution in [0.1, 0.15) is 25.7 Å². The van der Waals surface area contributed by atoms with Crippen LogP contribution >= 0.6 is 0 Å². The standard InChI is InChI=1S/C18H21N3O2S/c1-23-15-10-11-19-17-12(15)6-2-5-9-16(17)24(22)18-20-13-7-3-4-8-14(13)21-18/h3-4,7-8,10-11,16-17,19H,2,5-6,9H2,1H3,(H,20,21). The SMILES string of the molecule is COC1=C2CCCCC(S(=O)c3nc4ccccc4[nH]3)C2NC=C1. The number of ether oxygens (including phenoxy) is 1. The van der Waals surface area contributed by atoms with Gasteiger partial charge in [-0.3, -0.25) is 4.21 Å². The summed E-state index contributed by atoms with van der Waals surface area (Å²) in [6.45, 7) is 0. The third-order valence-corrected chi connectivity index (χ3v) is 6.44. The van der Waals surface area contributed by atoms with E-state index in [-0.39, 0.29) is 11.3 Å². The van der Waals surface area contributed by atoms with E-state index in [0.29, 0.717) is 5.16 Å². The van der Waals surface area contributed by atoms with Crippen LogP contribution in [0.3, 0.4) is 0 Å². The lowest BCUT2D eigenvalue weighted by Gasteiger charge is -2.29. The topological polar surface area (TPSA) is 67.0 Å². The van der Waals surface area contributed by atoms with Gasteiger partial charge in [-0.15, -0.1) is 0 Å². The highest BCUT2D eigenvalue weighted by atomic mass is 32.2. The molecule has 4 rings (SSSR count). The molecule has 6 heteroatoms. The predicted octanol–water partition coefficient (Wildman–Crippen LogP) is 3.00. The van der Waals surface area contributed by atoms with Crippen molar-refractivity contribution in [1.29, 1.82) is 0 Å². The summed E-state index contributed by atoms with van der Waals surface area (Å²) in [6.07, 6.45) is 7.92. The van der Waals surface area contributed by atoms with Crippen LogP contribution in [0.2, 0.25) is 0 Å². The lowest BCUT2D eigenvalue weighted by atomic mass is 9.98. The van der Waals surface area contributed by atoms with Gasteiger partial charge in [0.25, 0.3) is 0 Å². The maximum Gasteiger partial charge on any atom is 0.197 e. The smallest absolute Gasteiger partial charge is 0.197 e. The minimum atomic E-state index is -1.20. The number of fused-ring (bicyclic) bond motifs is 2. The molecule has 3 atom stereocenters. The maximum atomic E-state index is 13.3. The van der Waals surface area contributed by atoms with E-state index in [1.807, 2.05) is 36.5 Å². The number of H-pyrrole nitrogens is 1. The summed E-state index contributed by atoms with van der Waals surface area (Å²) in [5, 5.41) is 3.96. The number of methoxy groups -OCH3 is 1. The molecule has 1 aromatic heterocycles. The number of imidazole rings is 1. The van der Waals surface area contributed by atoms with Gasteiger partial charge in [-0.25, -0.2) is 4.98 Å². The molecule has 1 saturated carbocycles. The minimum Gasteiger partial charge on any atom is -0.497 e. The fraction of sp³-hybridized carbons (Fsp3) is 0.389. The number of hydrogen-bond acceptors (Lipinski definition) is 4. The van der Waals surface area contributed by atoms with E-state index >= 15 is 0 Å². The van der Waals surface area contributed by atoms with Gasteiger partial charge in [0, 0.05) is 6.20 Å². The second-order valence-corrected chi connectivity index (χ2v) is 7.80. The molecule has 2 N–H and O–H groups in total. The van der Waals surface area contributed by atoms with Gasteiger partial charge in [0.15, 0.2) is 5.16 Å². The molecule has 0 saturated heterocycles. The molecule has 1 aliphatic carbocycles. The first kappa shape index (κ1) is 15.4. The molecule has 1 fully saturated rings. The van der Waals surface area contributed by atoms with E-state index in [1.54, 1.807) is 7.11 Å². The van der Waals surface area contributed by atoms with Crippen LogP contribution in [0.15, 0.2) is 53.0 Å². The third kappa shape index (κ3) is 2.65. The number of nitrogens with one attached hydrogen (secondary N) is 2. The highest BCUT2D eigenvalue weighted by molar-refractivity contribution is 7.85. The fourth-order valence-electron chi connectivity index (χ4n) is 3.62. The Hall–Kier alpha value is -2.08. The average Bonchev–Trinajstić information content (AvgIpc) is 2.93. The van der Waals surface area contributed by atoms with Crippen molar-refractivity contribution in [3.8, 4) is 0 Å². The van der Waals surface area contributed by atoms with Crippen molar-refractivity contribution in [2.24, 2.45) is 0 Å². The van der Waals surface area contributed by atoms with Gasteiger partial charge < -0.3 is 15.0 Å². The lowest BCUT2D eigenvalue weighted by molar-refractivity contribution is 0.293. The minimum absolute atomic E-state index is 0.0156. The highest BCUT2D eigenvalue weighted by Gasteiger charge is 2.35. The monoisotopic (exact) mass is 343 g/mol. The van der Waals surface area contributed by atoms with E-state index in [0.717, 1.165) is 42.5 Å². The summed E-state index contributed by atoms with van der Waals surface area (Å²) < 4.78 is 18.8. The van der Waals surface area contributed by atoms with Crippen molar-refractivity contribution < 1.29 is 8.95 Å². The fourth-order valence-corrected chi connectivity index (χ4v) is 5.18.